The Labute approximate surface area is 193 Å². The molecule has 2 heterocycles. The van der Waals surface area contributed by atoms with Gasteiger partial charge in [-0.2, -0.15) is 0 Å². The predicted molar refractivity (Wildman–Crippen MR) is 124 cm³/mol. The van der Waals surface area contributed by atoms with E-state index in [1.807, 2.05) is 31.2 Å². The molecule has 0 N–H and O–H groups in total. The quantitative estimate of drug-likeness (QED) is 0.615. The summed E-state index contributed by atoms with van der Waals surface area (Å²) in [5.74, 6) is 2.16. The third kappa shape index (κ3) is 4.67. The van der Waals surface area contributed by atoms with Crippen molar-refractivity contribution in [1.29, 1.82) is 0 Å². The SMILES string of the molecule is CCOc1ccc(/C=C/C(=O)N2CCC3(CC2)CC(=O)c2ccc(OC)c(OC)c2O3)cc1. The fourth-order valence-corrected chi connectivity index (χ4v) is 4.39. The van der Waals surface area contributed by atoms with Crippen LogP contribution in [-0.2, 0) is 4.79 Å². The number of carbonyl (C=O) groups excluding carboxylic acids is 2. The zero-order chi connectivity index (χ0) is 23.4. The third-order valence-corrected chi connectivity index (χ3v) is 6.20. The predicted octanol–water partition coefficient (Wildman–Crippen LogP) is 4.14. The molecule has 4 rings (SSSR count). The van der Waals surface area contributed by atoms with Gasteiger partial charge in [-0.25, -0.2) is 0 Å². The van der Waals surface area contributed by atoms with Crippen LogP contribution >= 0.6 is 0 Å². The van der Waals surface area contributed by atoms with Crippen LogP contribution < -0.4 is 18.9 Å². The zero-order valence-electron chi connectivity index (χ0n) is 19.3. The number of likely N-dealkylation sites (tertiary alicyclic amines) is 1. The second-order valence-corrected chi connectivity index (χ2v) is 8.22. The van der Waals surface area contributed by atoms with Crippen LogP contribution in [0.15, 0.2) is 42.5 Å². The van der Waals surface area contributed by atoms with Gasteiger partial charge in [0.25, 0.3) is 0 Å². The van der Waals surface area contributed by atoms with E-state index in [0.717, 1.165) is 11.3 Å². The molecule has 2 aromatic rings. The molecule has 2 aliphatic heterocycles. The Morgan fingerprint density at radius 2 is 1.82 bits per heavy atom. The number of benzene rings is 2. The summed E-state index contributed by atoms with van der Waals surface area (Å²) < 4.78 is 22.7. The normalized spacial score (nSPS) is 16.9. The number of hydrogen-bond acceptors (Lipinski definition) is 6. The Hall–Kier alpha value is -3.48. The van der Waals surface area contributed by atoms with Gasteiger partial charge < -0.3 is 23.8 Å². The molecule has 0 atom stereocenters. The monoisotopic (exact) mass is 451 g/mol. The molecular weight excluding hydrogens is 422 g/mol. The highest BCUT2D eigenvalue weighted by Crippen LogP contribution is 2.47. The van der Waals surface area contributed by atoms with Crippen LogP contribution in [0.1, 0.15) is 42.1 Å². The maximum absolute atomic E-state index is 12.9. The number of piperidine rings is 1. The lowest BCUT2D eigenvalue weighted by Gasteiger charge is -2.44. The Morgan fingerprint density at radius 3 is 2.45 bits per heavy atom. The first-order valence-corrected chi connectivity index (χ1v) is 11.2. The van der Waals surface area contributed by atoms with Crippen LogP contribution in [-0.4, -0.2) is 56.1 Å². The number of methoxy groups -OCH3 is 2. The van der Waals surface area contributed by atoms with Crippen molar-refractivity contribution < 1.29 is 28.5 Å². The molecular formula is C26H29NO6. The van der Waals surface area contributed by atoms with Gasteiger partial charge in [-0.15, -0.1) is 0 Å². The van der Waals surface area contributed by atoms with Crippen LogP contribution in [0.25, 0.3) is 6.08 Å². The molecule has 1 saturated heterocycles. The molecule has 174 valence electrons. The number of ether oxygens (including phenoxy) is 4. The van der Waals surface area contributed by atoms with Gasteiger partial charge in [-0.1, -0.05) is 12.1 Å². The fraction of sp³-hybridized carbons (Fsp3) is 0.385. The number of fused-ring (bicyclic) bond motifs is 1. The van der Waals surface area contributed by atoms with E-state index in [1.54, 1.807) is 36.3 Å². The molecule has 7 nitrogen and oxygen atoms in total. The molecule has 0 saturated carbocycles. The average Bonchev–Trinajstić information content (AvgIpc) is 2.83. The Kier molecular flexibility index (Phi) is 6.58. The minimum Gasteiger partial charge on any atom is -0.494 e. The highest BCUT2D eigenvalue weighted by atomic mass is 16.5. The smallest absolute Gasteiger partial charge is 0.246 e. The largest absolute Gasteiger partial charge is 0.494 e. The summed E-state index contributed by atoms with van der Waals surface area (Å²) in [7, 11) is 3.08. The summed E-state index contributed by atoms with van der Waals surface area (Å²) >= 11 is 0. The second kappa shape index (κ2) is 9.57. The number of nitrogens with zero attached hydrogens (tertiary/aromatic N) is 1. The van der Waals surface area contributed by atoms with E-state index in [2.05, 4.69) is 0 Å². The lowest BCUT2D eigenvalue weighted by molar-refractivity contribution is -0.129. The molecule has 0 unspecified atom stereocenters. The van der Waals surface area contributed by atoms with Gasteiger partial charge >= 0.3 is 0 Å². The summed E-state index contributed by atoms with van der Waals surface area (Å²) in [6.45, 7) is 3.59. The van der Waals surface area contributed by atoms with E-state index in [0.29, 0.717) is 61.8 Å². The van der Waals surface area contributed by atoms with E-state index in [-0.39, 0.29) is 11.7 Å². The molecule has 7 heteroatoms. The fourth-order valence-electron chi connectivity index (χ4n) is 4.39. The van der Waals surface area contributed by atoms with Crippen molar-refractivity contribution >= 4 is 17.8 Å². The Bertz CT molecular complexity index is 1050. The molecule has 2 aliphatic rings. The lowest BCUT2D eigenvalue weighted by Crippen LogP contribution is -2.52. The molecule has 2 aromatic carbocycles. The minimum absolute atomic E-state index is 0.0207. The van der Waals surface area contributed by atoms with E-state index in [4.69, 9.17) is 18.9 Å². The van der Waals surface area contributed by atoms with Gasteiger partial charge in [0.2, 0.25) is 11.7 Å². The highest BCUT2D eigenvalue weighted by Gasteiger charge is 2.45. The van der Waals surface area contributed by atoms with Crippen LogP contribution in [0.5, 0.6) is 23.0 Å². The summed E-state index contributed by atoms with van der Waals surface area (Å²) in [6, 6.07) is 11.0. The summed E-state index contributed by atoms with van der Waals surface area (Å²) in [4.78, 5) is 27.4. The van der Waals surface area contributed by atoms with Crippen molar-refractivity contribution in [3.63, 3.8) is 0 Å². The molecule has 0 aromatic heterocycles. The Balaban J connectivity index is 1.42. The molecule has 1 amide bonds. The summed E-state index contributed by atoms with van der Waals surface area (Å²) in [6.07, 6.45) is 4.82. The van der Waals surface area contributed by atoms with Gasteiger partial charge in [-0.3, -0.25) is 9.59 Å². The number of ketones is 1. The number of Topliss-reactive ketones (excluding diaryl/α,β-unsaturated/α-hetero) is 1. The van der Waals surface area contributed by atoms with E-state index in [9.17, 15) is 9.59 Å². The van der Waals surface area contributed by atoms with Crippen molar-refractivity contribution in [3.05, 3.63) is 53.6 Å². The first kappa shape index (κ1) is 22.7. The standard InChI is InChI=1S/C26H29NO6/c1-4-32-19-8-5-18(6-9-19)7-12-23(29)27-15-13-26(14-16-27)17-21(28)20-10-11-22(30-2)25(31-3)24(20)33-26/h5-12H,4,13-17H2,1-3H3/b12-7+. The molecule has 33 heavy (non-hydrogen) atoms. The van der Waals surface area contributed by atoms with Crippen molar-refractivity contribution in [2.24, 2.45) is 0 Å². The third-order valence-electron chi connectivity index (χ3n) is 6.20. The Morgan fingerprint density at radius 1 is 1.09 bits per heavy atom. The second-order valence-electron chi connectivity index (χ2n) is 8.22. The van der Waals surface area contributed by atoms with Crippen LogP contribution in [0.2, 0.25) is 0 Å². The zero-order valence-corrected chi connectivity index (χ0v) is 19.3. The molecule has 0 radical (unpaired) electrons. The molecule has 1 spiro atoms. The van der Waals surface area contributed by atoms with E-state index in [1.165, 1.54) is 7.11 Å². The van der Waals surface area contributed by atoms with Crippen molar-refractivity contribution in [3.8, 4) is 23.0 Å². The van der Waals surface area contributed by atoms with Crippen molar-refractivity contribution in [2.45, 2.75) is 31.8 Å². The van der Waals surface area contributed by atoms with Crippen molar-refractivity contribution in [1.82, 2.24) is 4.90 Å². The molecule has 0 aliphatic carbocycles. The maximum atomic E-state index is 12.9. The van der Waals surface area contributed by atoms with Crippen LogP contribution in [0, 0.1) is 0 Å². The van der Waals surface area contributed by atoms with Gasteiger partial charge in [0, 0.05) is 32.0 Å². The maximum Gasteiger partial charge on any atom is 0.246 e. The summed E-state index contributed by atoms with van der Waals surface area (Å²) in [5.41, 5.74) is 0.800. The topological polar surface area (TPSA) is 74.3 Å². The lowest BCUT2D eigenvalue weighted by atomic mass is 9.82. The first-order chi connectivity index (χ1) is 16.0. The average molecular weight is 452 g/mol. The summed E-state index contributed by atoms with van der Waals surface area (Å²) in [5, 5.41) is 0. The van der Waals surface area contributed by atoms with Crippen LogP contribution in [0.3, 0.4) is 0 Å². The molecule has 0 bridgehead atoms. The minimum atomic E-state index is -0.640. The van der Waals surface area contributed by atoms with E-state index < -0.39 is 5.60 Å². The van der Waals surface area contributed by atoms with Crippen molar-refractivity contribution in [2.75, 3.05) is 33.9 Å². The van der Waals surface area contributed by atoms with Gasteiger partial charge in [0.05, 0.1) is 32.8 Å². The number of rotatable bonds is 6. The molecule has 1 fully saturated rings. The highest BCUT2D eigenvalue weighted by molar-refractivity contribution is 6.01. The van der Waals surface area contributed by atoms with Crippen LogP contribution in [0.4, 0.5) is 0 Å². The van der Waals surface area contributed by atoms with Gasteiger partial charge in [-0.05, 0) is 42.8 Å². The number of carbonyl (C=O) groups is 2. The van der Waals surface area contributed by atoms with Gasteiger partial charge in [0.15, 0.2) is 17.3 Å². The van der Waals surface area contributed by atoms with Gasteiger partial charge in [0.1, 0.15) is 11.4 Å². The van der Waals surface area contributed by atoms with E-state index >= 15 is 0 Å². The number of hydrogen-bond donors (Lipinski definition) is 0. The number of amides is 1. The first-order valence-electron chi connectivity index (χ1n) is 11.2.